The first-order valence-electron chi connectivity index (χ1n) is 10.7. The number of likely N-dealkylation sites (N-methyl/N-ethyl adjacent to an activating group) is 1. The van der Waals surface area contributed by atoms with Crippen LogP contribution in [0.15, 0.2) is 35.0 Å². The lowest BCUT2D eigenvalue weighted by Gasteiger charge is -2.42. The van der Waals surface area contributed by atoms with Gasteiger partial charge in [0.1, 0.15) is 5.69 Å². The van der Waals surface area contributed by atoms with Crippen LogP contribution in [0.4, 0.5) is 17.1 Å². The molecule has 0 saturated heterocycles. The van der Waals surface area contributed by atoms with Crippen LogP contribution in [0.1, 0.15) is 45.2 Å². The Bertz CT molecular complexity index is 1170. The van der Waals surface area contributed by atoms with E-state index in [0.717, 1.165) is 12.1 Å². The van der Waals surface area contributed by atoms with E-state index in [-0.39, 0.29) is 35.3 Å². The Morgan fingerprint density at radius 3 is 2.59 bits per heavy atom. The van der Waals surface area contributed by atoms with Crippen molar-refractivity contribution >= 4 is 28.1 Å². The highest BCUT2D eigenvalue weighted by Gasteiger charge is 2.41. The summed E-state index contributed by atoms with van der Waals surface area (Å²) in [5.41, 5.74) is 3.54. The number of benzene rings is 2. The van der Waals surface area contributed by atoms with Gasteiger partial charge in [0.25, 0.3) is 0 Å². The van der Waals surface area contributed by atoms with Crippen molar-refractivity contribution in [3.63, 3.8) is 0 Å². The number of rotatable bonds is 5. The number of aliphatic hydroxyl groups excluding tert-OH is 1. The van der Waals surface area contributed by atoms with E-state index in [1.54, 1.807) is 18.0 Å². The van der Waals surface area contributed by atoms with Gasteiger partial charge in [0.15, 0.2) is 5.52 Å². The predicted molar refractivity (Wildman–Crippen MR) is 123 cm³/mol. The maximum Gasteiger partial charge on any atom is 0.323 e. The molecule has 0 bridgehead atoms. The second-order valence-electron chi connectivity index (χ2n) is 9.74. The fourth-order valence-electron chi connectivity index (χ4n) is 5.23. The summed E-state index contributed by atoms with van der Waals surface area (Å²) >= 11 is 0. The number of nitro benzene ring substituents is 1. The molecule has 2 heterocycles. The molecule has 1 aliphatic rings. The van der Waals surface area contributed by atoms with Crippen molar-refractivity contribution in [2.45, 2.75) is 51.6 Å². The molecule has 0 fully saturated rings. The molecule has 1 N–H and O–H groups in total. The molecule has 9 nitrogen and oxygen atoms in total. The number of anilines is 2. The van der Waals surface area contributed by atoms with Crippen molar-refractivity contribution in [1.82, 2.24) is 10.3 Å². The van der Waals surface area contributed by atoms with Gasteiger partial charge >= 0.3 is 5.69 Å². The zero-order chi connectivity index (χ0) is 23.3. The first-order valence-corrected chi connectivity index (χ1v) is 10.7. The van der Waals surface area contributed by atoms with Gasteiger partial charge < -0.3 is 14.9 Å². The summed E-state index contributed by atoms with van der Waals surface area (Å²) in [6, 6.07) is 10.2. The Balaban J connectivity index is 1.97. The van der Waals surface area contributed by atoms with Crippen LogP contribution in [0.5, 0.6) is 0 Å². The first-order chi connectivity index (χ1) is 15.1. The SMILES string of the molecule is CN(CCO)c1cc(N2Cc3ccccc3C(C)(C)CC2(C)C)c2nonc2c1[N+](=O)[O-]. The molecular weight excluding hydrogens is 410 g/mol. The Morgan fingerprint density at radius 1 is 1.22 bits per heavy atom. The fraction of sp³-hybridized carbons (Fsp3) is 0.478. The fourth-order valence-corrected chi connectivity index (χ4v) is 5.23. The van der Waals surface area contributed by atoms with Crippen molar-refractivity contribution < 1.29 is 14.7 Å². The van der Waals surface area contributed by atoms with E-state index < -0.39 is 4.92 Å². The highest BCUT2D eigenvalue weighted by molar-refractivity contribution is 6.00. The molecule has 1 aliphatic heterocycles. The molecule has 0 spiro atoms. The number of hydrogen-bond donors (Lipinski definition) is 1. The lowest BCUT2D eigenvalue weighted by molar-refractivity contribution is -0.382. The number of fused-ring (bicyclic) bond motifs is 2. The van der Waals surface area contributed by atoms with Crippen LogP contribution in [-0.4, -0.2) is 46.1 Å². The van der Waals surface area contributed by atoms with Gasteiger partial charge in [-0.3, -0.25) is 10.1 Å². The minimum Gasteiger partial charge on any atom is -0.395 e. The summed E-state index contributed by atoms with van der Waals surface area (Å²) in [4.78, 5) is 15.4. The van der Waals surface area contributed by atoms with Gasteiger partial charge in [-0.15, -0.1) is 0 Å². The van der Waals surface area contributed by atoms with Gasteiger partial charge in [-0.2, -0.15) is 0 Å². The van der Waals surface area contributed by atoms with Crippen LogP contribution >= 0.6 is 0 Å². The molecule has 3 aromatic rings. The Labute approximate surface area is 186 Å². The molecule has 0 saturated carbocycles. The molecule has 0 atom stereocenters. The van der Waals surface area contributed by atoms with Gasteiger partial charge in [-0.25, -0.2) is 4.63 Å². The topological polar surface area (TPSA) is 109 Å². The van der Waals surface area contributed by atoms with Gasteiger partial charge in [0, 0.05) is 25.7 Å². The predicted octanol–water partition coefficient (Wildman–Crippen LogP) is 4.03. The summed E-state index contributed by atoms with van der Waals surface area (Å²) in [6.07, 6.45) is 0.864. The second kappa shape index (κ2) is 7.74. The van der Waals surface area contributed by atoms with Crippen molar-refractivity contribution in [1.29, 1.82) is 0 Å². The molecule has 0 radical (unpaired) electrons. The zero-order valence-electron chi connectivity index (χ0n) is 19.1. The molecule has 1 aromatic heterocycles. The molecule has 0 unspecified atom stereocenters. The minimum atomic E-state index is -0.467. The van der Waals surface area contributed by atoms with Crippen LogP contribution in [0.25, 0.3) is 11.0 Å². The Kier molecular flexibility index (Phi) is 5.32. The third kappa shape index (κ3) is 3.56. The monoisotopic (exact) mass is 439 g/mol. The average molecular weight is 440 g/mol. The van der Waals surface area contributed by atoms with Gasteiger partial charge in [-0.05, 0) is 53.2 Å². The Hall–Kier alpha value is -3.20. The molecule has 4 rings (SSSR count). The third-order valence-corrected chi connectivity index (χ3v) is 6.47. The zero-order valence-corrected chi connectivity index (χ0v) is 19.1. The van der Waals surface area contributed by atoms with E-state index in [0.29, 0.717) is 17.7 Å². The van der Waals surface area contributed by atoms with Crippen LogP contribution in [0.2, 0.25) is 0 Å². The minimum absolute atomic E-state index is 0.0622. The van der Waals surface area contributed by atoms with Crippen molar-refractivity contribution in [2.75, 3.05) is 30.0 Å². The van der Waals surface area contributed by atoms with Crippen LogP contribution in [-0.2, 0) is 12.0 Å². The summed E-state index contributed by atoms with van der Waals surface area (Å²) in [5, 5.41) is 29.4. The number of aliphatic hydroxyl groups is 1. The van der Waals surface area contributed by atoms with Crippen molar-refractivity contribution in [3.05, 3.63) is 51.6 Å². The largest absolute Gasteiger partial charge is 0.395 e. The Morgan fingerprint density at radius 2 is 1.91 bits per heavy atom. The lowest BCUT2D eigenvalue weighted by Crippen LogP contribution is -2.45. The van der Waals surface area contributed by atoms with Crippen LogP contribution in [0.3, 0.4) is 0 Å². The van der Waals surface area contributed by atoms with Gasteiger partial charge in [0.2, 0.25) is 5.52 Å². The molecule has 2 aromatic carbocycles. The van der Waals surface area contributed by atoms with Crippen molar-refractivity contribution in [2.24, 2.45) is 0 Å². The first kappa shape index (κ1) is 22.0. The molecule has 32 heavy (non-hydrogen) atoms. The smallest absolute Gasteiger partial charge is 0.323 e. The number of aromatic nitrogens is 2. The third-order valence-electron chi connectivity index (χ3n) is 6.47. The normalized spacial score (nSPS) is 17.1. The lowest BCUT2D eigenvalue weighted by atomic mass is 9.75. The molecule has 9 heteroatoms. The van der Waals surface area contributed by atoms with Gasteiger partial charge in [0.05, 0.1) is 17.2 Å². The van der Waals surface area contributed by atoms with E-state index in [1.807, 2.05) is 6.07 Å². The summed E-state index contributed by atoms with van der Waals surface area (Å²) in [6.45, 7) is 9.60. The van der Waals surface area contributed by atoms with E-state index in [1.165, 1.54) is 11.1 Å². The maximum absolute atomic E-state index is 12.0. The highest BCUT2D eigenvalue weighted by atomic mass is 16.6. The molecule has 0 aliphatic carbocycles. The average Bonchev–Trinajstić information content (AvgIpc) is 3.17. The summed E-state index contributed by atoms with van der Waals surface area (Å²) < 4.78 is 4.99. The van der Waals surface area contributed by atoms with E-state index >= 15 is 0 Å². The van der Waals surface area contributed by atoms with E-state index in [4.69, 9.17) is 4.63 Å². The second-order valence-corrected chi connectivity index (χ2v) is 9.74. The summed E-state index contributed by atoms with van der Waals surface area (Å²) in [7, 11) is 1.72. The number of nitro groups is 1. The number of nitrogens with zero attached hydrogens (tertiary/aromatic N) is 5. The summed E-state index contributed by atoms with van der Waals surface area (Å²) in [5.74, 6) is 0. The maximum atomic E-state index is 12.0. The molecule has 0 amide bonds. The molecular formula is C23H29N5O4. The van der Waals surface area contributed by atoms with Crippen LogP contribution < -0.4 is 9.80 Å². The standard InChI is InChI=1S/C23H29N5O4/c1-22(2)14-23(3,4)27(13-15-8-6-7-9-16(15)22)17-12-18(26(5)10-11-29)21(28(30)31)20-19(17)24-32-25-20/h6-9,12,29H,10-11,13-14H2,1-5H3. The highest BCUT2D eigenvalue weighted by Crippen LogP contribution is 2.47. The van der Waals surface area contributed by atoms with Crippen molar-refractivity contribution in [3.8, 4) is 0 Å². The number of hydrogen-bond acceptors (Lipinski definition) is 8. The van der Waals surface area contributed by atoms with Gasteiger partial charge in [-0.1, -0.05) is 38.1 Å². The van der Waals surface area contributed by atoms with Crippen LogP contribution in [0, 0.1) is 10.1 Å². The molecule has 170 valence electrons. The quantitative estimate of drug-likeness (QED) is 0.469. The van der Waals surface area contributed by atoms with E-state index in [2.05, 4.69) is 61.1 Å². The van der Waals surface area contributed by atoms with E-state index in [9.17, 15) is 15.2 Å².